The molecule has 1 aliphatic carbocycles. The number of amides is 2. The number of carboxylic acid groups (broad SMARTS) is 1. The van der Waals surface area contributed by atoms with E-state index in [0.717, 1.165) is 22.3 Å². The molecule has 1 aliphatic heterocycles. The Hall–Kier alpha value is -3.35. The van der Waals surface area contributed by atoms with E-state index >= 15 is 0 Å². The first-order valence-corrected chi connectivity index (χ1v) is 11.5. The maximum Gasteiger partial charge on any atom is 0.407 e. The van der Waals surface area contributed by atoms with Crippen molar-refractivity contribution in [2.75, 3.05) is 19.7 Å². The quantitative estimate of drug-likeness (QED) is 0.668. The first kappa shape index (κ1) is 22.8. The zero-order chi connectivity index (χ0) is 23.5. The van der Waals surface area contributed by atoms with E-state index < -0.39 is 24.0 Å². The van der Waals surface area contributed by atoms with E-state index in [1.807, 2.05) is 38.1 Å². The molecule has 1 fully saturated rings. The van der Waals surface area contributed by atoms with Gasteiger partial charge >= 0.3 is 12.1 Å². The minimum absolute atomic E-state index is 0.0563. The minimum atomic E-state index is -0.894. The molecule has 1 heterocycles. The molecule has 2 aromatic carbocycles. The van der Waals surface area contributed by atoms with Gasteiger partial charge < -0.3 is 20.1 Å². The van der Waals surface area contributed by atoms with Crippen molar-refractivity contribution in [1.82, 2.24) is 10.2 Å². The molecule has 2 N–H and O–H groups in total. The van der Waals surface area contributed by atoms with Crippen molar-refractivity contribution in [2.24, 2.45) is 11.8 Å². The van der Waals surface area contributed by atoms with Gasteiger partial charge in [-0.25, -0.2) is 4.79 Å². The van der Waals surface area contributed by atoms with E-state index in [1.165, 1.54) is 0 Å². The average Bonchev–Trinajstić information content (AvgIpc) is 3.35. The molecule has 0 spiro atoms. The van der Waals surface area contributed by atoms with Gasteiger partial charge in [0.1, 0.15) is 12.6 Å². The van der Waals surface area contributed by atoms with Crippen LogP contribution in [-0.2, 0) is 14.3 Å². The molecule has 1 saturated heterocycles. The van der Waals surface area contributed by atoms with E-state index in [9.17, 15) is 19.5 Å². The lowest BCUT2D eigenvalue weighted by Crippen LogP contribution is -2.48. The number of alkyl carbamates (subject to hydrolysis) is 1. The standard InChI is InChI=1S/C26H30N2O5/c1-3-8-23(24(29)28-13-16(2)21(14-28)25(30)31)27-26(32)33-15-22-19-11-6-4-9-17(19)18-10-5-7-12-20(18)22/h4-7,9-12,16,21-23H,3,8,13-15H2,1-2H3,(H,27,32)(H,30,31)/t16-,21-,23?/m0/s1. The lowest BCUT2D eigenvalue weighted by Gasteiger charge is -2.24. The fraction of sp³-hybridized carbons (Fsp3) is 0.423. The van der Waals surface area contributed by atoms with Crippen molar-refractivity contribution in [3.63, 3.8) is 0 Å². The highest BCUT2D eigenvalue weighted by Gasteiger charge is 2.39. The second-order valence-electron chi connectivity index (χ2n) is 8.98. The third-order valence-electron chi connectivity index (χ3n) is 6.75. The number of ether oxygens (including phenoxy) is 1. The zero-order valence-electron chi connectivity index (χ0n) is 19.0. The zero-order valence-corrected chi connectivity index (χ0v) is 19.0. The number of aliphatic carboxylic acids is 1. The van der Waals surface area contributed by atoms with Crippen LogP contribution in [0.5, 0.6) is 0 Å². The van der Waals surface area contributed by atoms with Gasteiger partial charge in [-0.05, 0) is 34.6 Å². The summed E-state index contributed by atoms with van der Waals surface area (Å²) in [6.07, 6.45) is 0.531. The first-order valence-electron chi connectivity index (χ1n) is 11.5. The number of hydrogen-bond donors (Lipinski definition) is 2. The Balaban J connectivity index is 1.40. The Bertz CT molecular complexity index is 1010. The number of likely N-dealkylation sites (tertiary alicyclic amines) is 1. The molecule has 7 heteroatoms. The second-order valence-corrected chi connectivity index (χ2v) is 8.98. The first-order chi connectivity index (χ1) is 15.9. The summed E-state index contributed by atoms with van der Waals surface area (Å²) in [6.45, 7) is 4.49. The highest BCUT2D eigenvalue weighted by Crippen LogP contribution is 2.44. The van der Waals surface area contributed by atoms with Crippen LogP contribution in [0.15, 0.2) is 48.5 Å². The van der Waals surface area contributed by atoms with Crippen molar-refractivity contribution in [3.05, 3.63) is 59.7 Å². The van der Waals surface area contributed by atoms with E-state index in [2.05, 4.69) is 29.6 Å². The Morgan fingerprint density at radius 2 is 1.67 bits per heavy atom. The molecule has 0 saturated carbocycles. The molecule has 2 aromatic rings. The largest absolute Gasteiger partial charge is 0.481 e. The molecule has 0 radical (unpaired) electrons. The van der Waals surface area contributed by atoms with E-state index in [-0.39, 0.29) is 30.9 Å². The lowest BCUT2D eigenvalue weighted by atomic mass is 9.98. The SMILES string of the molecule is CCCC(NC(=O)OCC1c2ccccc2-c2ccccc21)C(=O)N1C[C@H](C(=O)O)[C@@H](C)C1. The Morgan fingerprint density at radius 1 is 1.06 bits per heavy atom. The second kappa shape index (κ2) is 9.65. The molecule has 1 unspecified atom stereocenters. The smallest absolute Gasteiger partial charge is 0.407 e. The average molecular weight is 451 g/mol. The Labute approximate surface area is 193 Å². The summed E-state index contributed by atoms with van der Waals surface area (Å²) in [4.78, 5) is 38.7. The van der Waals surface area contributed by atoms with Gasteiger partial charge in [0.2, 0.25) is 5.91 Å². The summed E-state index contributed by atoms with van der Waals surface area (Å²) in [7, 11) is 0. The van der Waals surface area contributed by atoms with Crippen LogP contribution < -0.4 is 5.32 Å². The number of fused-ring (bicyclic) bond motifs is 3. The third kappa shape index (κ3) is 4.58. The molecular weight excluding hydrogens is 420 g/mol. The molecule has 4 rings (SSSR count). The molecule has 0 bridgehead atoms. The van der Waals surface area contributed by atoms with Crippen LogP contribution in [0.2, 0.25) is 0 Å². The van der Waals surface area contributed by atoms with Gasteiger partial charge in [-0.15, -0.1) is 0 Å². The summed E-state index contributed by atoms with van der Waals surface area (Å²) >= 11 is 0. The summed E-state index contributed by atoms with van der Waals surface area (Å²) in [5.41, 5.74) is 4.55. The van der Waals surface area contributed by atoms with Crippen LogP contribution in [0.25, 0.3) is 11.1 Å². The summed E-state index contributed by atoms with van der Waals surface area (Å²) in [6, 6.07) is 15.5. The van der Waals surface area contributed by atoms with Gasteiger partial charge in [0.25, 0.3) is 0 Å². The fourth-order valence-electron chi connectivity index (χ4n) is 5.02. The van der Waals surface area contributed by atoms with Crippen molar-refractivity contribution >= 4 is 18.0 Å². The summed E-state index contributed by atoms with van der Waals surface area (Å²) in [5, 5.41) is 12.1. The molecule has 2 amide bonds. The monoisotopic (exact) mass is 450 g/mol. The number of nitrogens with one attached hydrogen (secondary N) is 1. The van der Waals surface area contributed by atoms with Crippen molar-refractivity contribution in [3.8, 4) is 11.1 Å². The van der Waals surface area contributed by atoms with Gasteiger partial charge in [-0.3, -0.25) is 9.59 Å². The van der Waals surface area contributed by atoms with Gasteiger partial charge in [0.15, 0.2) is 0 Å². The summed E-state index contributed by atoms with van der Waals surface area (Å²) < 4.78 is 5.59. The Morgan fingerprint density at radius 3 is 2.21 bits per heavy atom. The van der Waals surface area contributed by atoms with E-state index in [0.29, 0.717) is 19.4 Å². The maximum atomic E-state index is 13.0. The van der Waals surface area contributed by atoms with Crippen LogP contribution in [0.1, 0.15) is 43.7 Å². The minimum Gasteiger partial charge on any atom is -0.481 e. The fourth-order valence-corrected chi connectivity index (χ4v) is 5.02. The van der Waals surface area contributed by atoms with Gasteiger partial charge in [-0.1, -0.05) is 68.8 Å². The van der Waals surface area contributed by atoms with E-state index in [4.69, 9.17) is 4.74 Å². The molecular formula is C26H30N2O5. The van der Waals surface area contributed by atoms with Crippen LogP contribution >= 0.6 is 0 Å². The highest BCUT2D eigenvalue weighted by molar-refractivity contribution is 5.87. The van der Waals surface area contributed by atoms with Crippen LogP contribution in [0.3, 0.4) is 0 Å². The predicted octanol–water partition coefficient (Wildman–Crippen LogP) is 3.87. The normalized spacial score (nSPS) is 20.1. The number of carboxylic acids is 1. The van der Waals surface area contributed by atoms with Gasteiger partial charge in [-0.2, -0.15) is 0 Å². The third-order valence-corrected chi connectivity index (χ3v) is 6.75. The van der Waals surface area contributed by atoms with Crippen LogP contribution in [-0.4, -0.2) is 53.7 Å². The Kier molecular flexibility index (Phi) is 6.67. The molecule has 2 aliphatic rings. The molecule has 174 valence electrons. The van der Waals surface area contributed by atoms with Crippen molar-refractivity contribution < 1.29 is 24.2 Å². The van der Waals surface area contributed by atoms with Crippen molar-refractivity contribution in [1.29, 1.82) is 0 Å². The number of hydrogen-bond acceptors (Lipinski definition) is 4. The predicted molar refractivity (Wildman–Crippen MR) is 124 cm³/mol. The number of nitrogens with zero attached hydrogens (tertiary/aromatic N) is 1. The number of rotatable bonds is 7. The molecule has 7 nitrogen and oxygen atoms in total. The molecule has 0 aromatic heterocycles. The number of carbonyl (C=O) groups excluding carboxylic acids is 2. The van der Waals surface area contributed by atoms with Crippen molar-refractivity contribution in [2.45, 2.75) is 38.6 Å². The summed E-state index contributed by atoms with van der Waals surface area (Å²) in [5.74, 6) is -1.90. The van der Waals surface area contributed by atoms with E-state index in [1.54, 1.807) is 4.90 Å². The maximum absolute atomic E-state index is 13.0. The van der Waals surface area contributed by atoms with Crippen LogP contribution in [0, 0.1) is 11.8 Å². The lowest BCUT2D eigenvalue weighted by molar-refractivity contribution is -0.142. The van der Waals surface area contributed by atoms with Crippen LogP contribution in [0.4, 0.5) is 4.79 Å². The van der Waals surface area contributed by atoms with Gasteiger partial charge in [0, 0.05) is 19.0 Å². The number of carbonyl (C=O) groups is 3. The molecule has 33 heavy (non-hydrogen) atoms. The molecule has 3 atom stereocenters. The topological polar surface area (TPSA) is 95.9 Å². The highest BCUT2D eigenvalue weighted by atomic mass is 16.5. The number of benzene rings is 2. The van der Waals surface area contributed by atoms with Gasteiger partial charge in [0.05, 0.1) is 5.92 Å².